The van der Waals surface area contributed by atoms with Gasteiger partial charge in [-0.25, -0.2) is 9.37 Å². The summed E-state index contributed by atoms with van der Waals surface area (Å²) in [5.41, 5.74) is 2.49. The molecule has 27 heavy (non-hydrogen) atoms. The van der Waals surface area contributed by atoms with Crippen LogP contribution < -0.4 is 0 Å². The number of carbonyl (C=O) groups is 1. The van der Waals surface area contributed by atoms with Crippen LogP contribution in [-0.2, 0) is 0 Å². The molecule has 2 aromatic rings. The van der Waals surface area contributed by atoms with E-state index < -0.39 is 0 Å². The van der Waals surface area contributed by atoms with Crippen LogP contribution in [0, 0.1) is 19.7 Å². The lowest BCUT2D eigenvalue weighted by Gasteiger charge is -2.21. The number of hydrogen-bond donors (Lipinski definition) is 0. The quantitative estimate of drug-likeness (QED) is 0.755. The second-order valence-electron chi connectivity index (χ2n) is 7.23. The molecule has 0 unspecified atom stereocenters. The lowest BCUT2D eigenvalue weighted by molar-refractivity contribution is 0.0765. The monoisotopic (exact) mass is 389 g/mol. The molecule has 0 aliphatic carbocycles. The Morgan fingerprint density at radius 3 is 2.78 bits per heavy atom. The van der Waals surface area contributed by atoms with E-state index in [-0.39, 0.29) is 11.7 Å². The molecule has 0 N–H and O–H groups in total. The van der Waals surface area contributed by atoms with Crippen molar-refractivity contribution in [2.24, 2.45) is 0 Å². The Balaban J connectivity index is 1.74. The van der Waals surface area contributed by atoms with Crippen molar-refractivity contribution in [2.75, 3.05) is 32.7 Å². The Morgan fingerprint density at radius 2 is 2.04 bits per heavy atom. The summed E-state index contributed by atoms with van der Waals surface area (Å²) >= 11 is 1.42. The van der Waals surface area contributed by atoms with E-state index in [9.17, 15) is 9.18 Å². The van der Waals surface area contributed by atoms with Crippen LogP contribution in [0.5, 0.6) is 0 Å². The average molecular weight is 390 g/mol. The van der Waals surface area contributed by atoms with Crippen LogP contribution in [0.4, 0.5) is 4.39 Å². The number of rotatable bonds is 5. The van der Waals surface area contributed by atoms with Crippen LogP contribution >= 0.6 is 11.3 Å². The smallest absolute Gasteiger partial charge is 0.265 e. The third-order valence-electron chi connectivity index (χ3n) is 5.11. The minimum atomic E-state index is -0.252. The third kappa shape index (κ3) is 4.74. The number of unbranched alkanes of at least 4 members (excludes halogenated alkanes) is 1. The molecule has 1 aromatic heterocycles. The van der Waals surface area contributed by atoms with Crippen molar-refractivity contribution in [3.8, 4) is 10.6 Å². The summed E-state index contributed by atoms with van der Waals surface area (Å²) in [6.07, 6.45) is 3.42. The minimum Gasteiger partial charge on any atom is -0.337 e. The zero-order valence-corrected chi connectivity index (χ0v) is 17.2. The fourth-order valence-electron chi connectivity index (χ4n) is 3.50. The molecule has 6 heteroatoms. The van der Waals surface area contributed by atoms with Gasteiger partial charge < -0.3 is 9.80 Å². The van der Waals surface area contributed by atoms with Crippen LogP contribution in [0.15, 0.2) is 18.2 Å². The first kappa shape index (κ1) is 20.0. The highest BCUT2D eigenvalue weighted by atomic mass is 32.1. The van der Waals surface area contributed by atoms with Crippen LogP contribution in [-0.4, -0.2) is 53.4 Å². The molecular weight excluding hydrogens is 361 g/mol. The molecule has 4 nitrogen and oxygen atoms in total. The van der Waals surface area contributed by atoms with Crippen molar-refractivity contribution in [3.05, 3.63) is 40.2 Å². The van der Waals surface area contributed by atoms with Crippen molar-refractivity contribution in [3.63, 3.8) is 0 Å². The molecule has 0 bridgehead atoms. The van der Waals surface area contributed by atoms with E-state index >= 15 is 0 Å². The third-order valence-corrected chi connectivity index (χ3v) is 6.29. The van der Waals surface area contributed by atoms with Gasteiger partial charge in [-0.1, -0.05) is 13.3 Å². The molecule has 1 aliphatic rings. The normalized spacial score (nSPS) is 15.8. The van der Waals surface area contributed by atoms with Crippen molar-refractivity contribution < 1.29 is 9.18 Å². The molecule has 2 heterocycles. The number of aryl methyl sites for hydroxylation is 2. The molecule has 1 saturated heterocycles. The fourth-order valence-corrected chi connectivity index (χ4v) is 4.62. The van der Waals surface area contributed by atoms with Crippen molar-refractivity contribution in [1.82, 2.24) is 14.8 Å². The van der Waals surface area contributed by atoms with Crippen LogP contribution in [0.25, 0.3) is 10.6 Å². The molecule has 0 atom stereocenters. The second kappa shape index (κ2) is 8.93. The van der Waals surface area contributed by atoms with Crippen molar-refractivity contribution in [2.45, 2.75) is 40.0 Å². The van der Waals surface area contributed by atoms with E-state index in [0.717, 1.165) is 61.0 Å². The molecular formula is C21H28FN3OS. The first-order valence-corrected chi connectivity index (χ1v) is 10.6. The van der Waals surface area contributed by atoms with Crippen LogP contribution in [0.3, 0.4) is 0 Å². The maximum absolute atomic E-state index is 13.4. The lowest BCUT2D eigenvalue weighted by Crippen LogP contribution is -2.35. The van der Waals surface area contributed by atoms with E-state index in [2.05, 4.69) is 16.8 Å². The van der Waals surface area contributed by atoms with E-state index in [4.69, 9.17) is 0 Å². The number of benzene rings is 1. The highest BCUT2D eigenvalue weighted by molar-refractivity contribution is 7.17. The summed E-state index contributed by atoms with van der Waals surface area (Å²) in [4.78, 5) is 22.8. The Kier molecular flexibility index (Phi) is 6.60. The summed E-state index contributed by atoms with van der Waals surface area (Å²) in [5, 5.41) is 0.785. The predicted octanol–water partition coefficient (Wildman–Crippen LogP) is 4.51. The number of hydrogen-bond acceptors (Lipinski definition) is 4. The van der Waals surface area contributed by atoms with Crippen molar-refractivity contribution in [1.29, 1.82) is 0 Å². The SMILES string of the molecule is CCCCN1CCCN(C(=O)c2sc(-c3ccc(F)cc3C)nc2C)CC1. The molecule has 1 fully saturated rings. The second-order valence-corrected chi connectivity index (χ2v) is 8.23. The lowest BCUT2D eigenvalue weighted by atomic mass is 10.1. The van der Waals surface area contributed by atoms with Gasteiger partial charge in [-0.05, 0) is 63.5 Å². The number of halogens is 1. The summed E-state index contributed by atoms with van der Waals surface area (Å²) < 4.78 is 13.4. The highest BCUT2D eigenvalue weighted by Gasteiger charge is 2.24. The van der Waals surface area contributed by atoms with Gasteiger partial charge >= 0.3 is 0 Å². The van der Waals surface area contributed by atoms with Gasteiger partial charge in [0.15, 0.2) is 0 Å². The molecule has 3 rings (SSSR count). The number of nitrogens with zero attached hydrogens (tertiary/aromatic N) is 3. The van der Waals surface area contributed by atoms with Gasteiger partial charge in [0.2, 0.25) is 0 Å². The number of amides is 1. The standard InChI is InChI=1S/C21H28FN3OS/c1-4-5-9-24-10-6-11-25(13-12-24)21(26)19-16(3)23-20(27-19)18-8-7-17(22)14-15(18)2/h7-8,14H,4-6,9-13H2,1-3H3. The molecule has 146 valence electrons. The molecule has 0 spiro atoms. The Morgan fingerprint density at radius 1 is 1.22 bits per heavy atom. The first-order chi connectivity index (χ1) is 13.0. The molecule has 1 amide bonds. The van der Waals surface area contributed by atoms with Gasteiger partial charge in [0.05, 0.1) is 5.69 Å². The van der Waals surface area contributed by atoms with Gasteiger partial charge in [0.1, 0.15) is 15.7 Å². The number of carbonyl (C=O) groups excluding carboxylic acids is 1. The Hall–Kier alpha value is -1.79. The van der Waals surface area contributed by atoms with E-state index in [0.29, 0.717) is 4.88 Å². The molecule has 1 aromatic carbocycles. The summed E-state index contributed by atoms with van der Waals surface area (Å²) in [5.74, 6) is -0.175. The van der Waals surface area contributed by atoms with Gasteiger partial charge in [-0.3, -0.25) is 4.79 Å². The summed E-state index contributed by atoms with van der Waals surface area (Å²) in [7, 11) is 0. The van der Waals surface area contributed by atoms with E-state index in [1.807, 2.05) is 18.7 Å². The first-order valence-electron chi connectivity index (χ1n) is 9.75. The van der Waals surface area contributed by atoms with Gasteiger partial charge in [-0.2, -0.15) is 0 Å². The average Bonchev–Trinajstić information content (AvgIpc) is 2.87. The summed E-state index contributed by atoms with van der Waals surface area (Å²) in [6, 6.07) is 4.70. The molecule has 1 aliphatic heterocycles. The molecule has 0 saturated carbocycles. The van der Waals surface area contributed by atoms with Crippen molar-refractivity contribution >= 4 is 17.2 Å². The highest BCUT2D eigenvalue weighted by Crippen LogP contribution is 2.31. The van der Waals surface area contributed by atoms with E-state index in [1.165, 1.54) is 36.3 Å². The van der Waals surface area contributed by atoms with Crippen LogP contribution in [0.1, 0.15) is 47.1 Å². The maximum Gasteiger partial charge on any atom is 0.265 e. The summed E-state index contributed by atoms with van der Waals surface area (Å²) in [6.45, 7) is 10.6. The zero-order valence-electron chi connectivity index (χ0n) is 16.4. The van der Waals surface area contributed by atoms with Gasteiger partial charge in [0, 0.05) is 25.2 Å². The fraction of sp³-hybridized carbons (Fsp3) is 0.524. The topological polar surface area (TPSA) is 36.4 Å². The predicted molar refractivity (Wildman–Crippen MR) is 109 cm³/mol. The largest absolute Gasteiger partial charge is 0.337 e. The Labute approximate surface area is 165 Å². The number of thiazole rings is 1. The van der Waals surface area contributed by atoms with Gasteiger partial charge in [0.25, 0.3) is 5.91 Å². The van der Waals surface area contributed by atoms with Gasteiger partial charge in [-0.15, -0.1) is 11.3 Å². The molecule has 0 radical (unpaired) electrons. The minimum absolute atomic E-state index is 0.0772. The Bertz CT molecular complexity index is 805. The van der Waals surface area contributed by atoms with Crippen LogP contribution in [0.2, 0.25) is 0 Å². The maximum atomic E-state index is 13.4. The zero-order chi connectivity index (χ0) is 19.4. The number of aromatic nitrogens is 1. The van der Waals surface area contributed by atoms with E-state index in [1.54, 1.807) is 6.07 Å².